The van der Waals surface area contributed by atoms with Crippen LogP contribution in [0.3, 0.4) is 0 Å². The monoisotopic (exact) mass is 325 g/mol. The van der Waals surface area contributed by atoms with Crippen molar-refractivity contribution in [1.82, 2.24) is 9.97 Å². The van der Waals surface area contributed by atoms with Crippen molar-refractivity contribution in [3.63, 3.8) is 0 Å². The van der Waals surface area contributed by atoms with Crippen LogP contribution in [0.1, 0.15) is 26.3 Å². The van der Waals surface area contributed by atoms with Crippen molar-refractivity contribution in [2.24, 2.45) is 5.41 Å². The SMILES string of the molecule is Cc1cc(NC(=O)C(C)(C)C)cc(-c2nc3ncccc3o2)c1O. The Balaban J connectivity index is 2.06. The molecule has 0 saturated carbocycles. The maximum absolute atomic E-state index is 12.2. The average molecular weight is 325 g/mol. The summed E-state index contributed by atoms with van der Waals surface area (Å²) in [5, 5.41) is 13.2. The largest absolute Gasteiger partial charge is 0.507 e. The fraction of sp³-hybridized carbons (Fsp3) is 0.278. The lowest BCUT2D eigenvalue weighted by Gasteiger charge is -2.18. The molecule has 6 heteroatoms. The Bertz CT molecular complexity index is 890. The van der Waals surface area contributed by atoms with Gasteiger partial charge in [-0.05, 0) is 36.8 Å². The zero-order valence-corrected chi connectivity index (χ0v) is 14.0. The summed E-state index contributed by atoms with van der Waals surface area (Å²) in [6.45, 7) is 7.27. The summed E-state index contributed by atoms with van der Waals surface area (Å²) in [4.78, 5) is 20.6. The quantitative estimate of drug-likeness (QED) is 0.698. The Morgan fingerprint density at radius 3 is 2.71 bits per heavy atom. The van der Waals surface area contributed by atoms with E-state index in [2.05, 4.69) is 15.3 Å². The molecular formula is C18H19N3O3. The summed E-state index contributed by atoms with van der Waals surface area (Å²) in [5.41, 5.74) is 2.09. The molecule has 2 heterocycles. The molecule has 0 aliphatic carbocycles. The minimum absolute atomic E-state index is 0.0651. The van der Waals surface area contributed by atoms with E-state index in [0.29, 0.717) is 28.0 Å². The molecule has 0 atom stereocenters. The second kappa shape index (κ2) is 5.63. The number of amides is 1. The fourth-order valence-electron chi connectivity index (χ4n) is 2.22. The Morgan fingerprint density at radius 1 is 1.29 bits per heavy atom. The Hall–Kier alpha value is -2.89. The number of oxazole rings is 1. The first-order valence-corrected chi connectivity index (χ1v) is 7.63. The van der Waals surface area contributed by atoms with Crippen LogP contribution in [0.4, 0.5) is 5.69 Å². The van der Waals surface area contributed by atoms with Gasteiger partial charge in [-0.3, -0.25) is 4.79 Å². The minimum Gasteiger partial charge on any atom is -0.507 e. The maximum atomic E-state index is 12.2. The van der Waals surface area contributed by atoms with E-state index in [-0.39, 0.29) is 17.5 Å². The second-order valence-electron chi connectivity index (χ2n) is 6.74. The zero-order chi connectivity index (χ0) is 17.5. The van der Waals surface area contributed by atoms with Gasteiger partial charge in [0.25, 0.3) is 0 Å². The Kier molecular flexibility index (Phi) is 3.75. The normalized spacial score (nSPS) is 11.7. The Morgan fingerprint density at radius 2 is 2.04 bits per heavy atom. The summed E-state index contributed by atoms with van der Waals surface area (Å²) in [6.07, 6.45) is 1.62. The standard InChI is InChI=1S/C18H19N3O3/c1-10-8-11(20-17(23)18(2,3)4)9-12(14(10)22)16-21-15-13(24-16)6-5-7-19-15/h5-9,22H,1-4H3,(H,20,23). The molecule has 1 aromatic carbocycles. The van der Waals surface area contributed by atoms with E-state index >= 15 is 0 Å². The zero-order valence-electron chi connectivity index (χ0n) is 14.0. The van der Waals surface area contributed by atoms with Crippen LogP contribution in [-0.2, 0) is 4.79 Å². The first-order chi connectivity index (χ1) is 11.3. The van der Waals surface area contributed by atoms with Crippen LogP contribution < -0.4 is 5.32 Å². The van der Waals surface area contributed by atoms with Crippen molar-refractivity contribution in [3.05, 3.63) is 36.0 Å². The number of benzene rings is 1. The highest BCUT2D eigenvalue weighted by molar-refractivity contribution is 5.95. The number of aromatic nitrogens is 2. The first-order valence-electron chi connectivity index (χ1n) is 7.63. The van der Waals surface area contributed by atoms with Gasteiger partial charge in [-0.2, -0.15) is 4.98 Å². The summed E-state index contributed by atoms with van der Waals surface area (Å²) in [6, 6.07) is 6.87. The van der Waals surface area contributed by atoms with Gasteiger partial charge in [0, 0.05) is 17.3 Å². The van der Waals surface area contributed by atoms with E-state index in [0.717, 1.165) is 0 Å². The third-order valence-corrected chi connectivity index (χ3v) is 3.63. The predicted molar refractivity (Wildman–Crippen MR) is 91.7 cm³/mol. The molecule has 0 radical (unpaired) electrons. The van der Waals surface area contributed by atoms with Gasteiger partial charge in [-0.1, -0.05) is 20.8 Å². The number of fused-ring (bicyclic) bond motifs is 1. The number of nitrogens with zero attached hydrogens (tertiary/aromatic N) is 2. The van der Waals surface area contributed by atoms with Crippen LogP contribution in [0.15, 0.2) is 34.9 Å². The third-order valence-electron chi connectivity index (χ3n) is 3.63. The molecule has 1 amide bonds. The van der Waals surface area contributed by atoms with Gasteiger partial charge in [0.1, 0.15) is 5.75 Å². The van der Waals surface area contributed by atoms with E-state index in [9.17, 15) is 9.90 Å². The smallest absolute Gasteiger partial charge is 0.232 e. The van der Waals surface area contributed by atoms with Gasteiger partial charge in [0.05, 0.1) is 5.56 Å². The average Bonchev–Trinajstić information content (AvgIpc) is 2.93. The lowest BCUT2D eigenvalue weighted by molar-refractivity contribution is -0.123. The lowest BCUT2D eigenvalue weighted by Crippen LogP contribution is -2.27. The Labute approximate surface area is 139 Å². The molecule has 3 aromatic rings. The number of rotatable bonds is 2. The predicted octanol–water partition coefficient (Wildman–Crippen LogP) is 3.89. The molecule has 2 N–H and O–H groups in total. The molecule has 24 heavy (non-hydrogen) atoms. The van der Waals surface area contributed by atoms with Crippen molar-refractivity contribution in [2.75, 3.05) is 5.32 Å². The molecule has 6 nitrogen and oxygen atoms in total. The van der Waals surface area contributed by atoms with Crippen molar-refractivity contribution in [3.8, 4) is 17.2 Å². The van der Waals surface area contributed by atoms with E-state index in [4.69, 9.17) is 4.42 Å². The lowest BCUT2D eigenvalue weighted by atomic mass is 9.95. The highest BCUT2D eigenvalue weighted by atomic mass is 16.4. The fourth-order valence-corrected chi connectivity index (χ4v) is 2.22. The van der Waals surface area contributed by atoms with E-state index in [1.165, 1.54) is 0 Å². The molecule has 0 unspecified atom stereocenters. The molecule has 0 aliphatic rings. The van der Waals surface area contributed by atoms with E-state index < -0.39 is 5.41 Å². The van der Waals surface area contributed by atoms with Crippen LogP contribution in [0.25, 0.3) is 22.7 Å². The molecule has 0 bridgehead atoms. The van der Waals surface area contributed by atoms with Gasteiger partial charge in [0.2, 0.25) is 11.8 Å². The molecule has 2 aromatic heterocycles. The van der Waals surface area contributed by atoms with Crippen LogP contribution in [0.2, 0.25) is 0 Å². The number of aromatic hydroxyl groups is 1. The highest BCUT2D eigenvalue weighted by Crippen LogP contribution is 2.36. The van der Waals surface area contributed by atoms with Crippen molar-refractivity contribution < 1.29 is 14.3 Å². The van der Waals surface area contributed by atoms with Gasteiger partial charge >= 0.3 is 0 Å². The molecular weight excluding hydrogens is 306 g/mol. The highest BCUT2D eigenvalue weighted by Gasteiger charge is 2.22. The molecule has 0 saturated heterocycles. The topological polar surface area (TPSA) is 88.3 Å². The number of aryl methyl sites for hydroxylation is 1. The van der Waals surface area contributed by atoms with Crippen molar-refractivity contribution in [1.29, 1.82) is 0 Å². The van der Waals surface area contributed by atoms with Gasteiger partial charge in [-0.15, -0.1) is 0 Å². The van der Waals surface area contributed by atoms with E-state index in [1.807, 2.05) is 20.8 Å². The number of carbonyl (C=O) groups is 1. The molecule has 3 rings (SSSR count). The number of nitrogens with one attached hydrogen (secondary N) is 1. The molecule has 0 spiro atoms. The van der Waals surface area contributed by atoms with Crippen LogP contribution >= 0.6 is 0 Å². The van der Waals surface area contributed by atoms with Crippen molar-refractivity contribution >= 4 is 22.8 Å². The summed E-state index contributed by atoms with van der Waals surface area (Å²) in [5.74, 6) is 0.212. The number of hydrogen-bond donors (Lipinski definition) is 2. The van der Waals surface area contributed by atoms with Crippen molar-refractivity contribution in [2.45, 2.75) is 27.7 Å². The number of phenols is 1. The van der Waals surface area contributed by atoms with Crippen LogP contribution in [0, 0.1) is 12.3 Å². The first kappa shape index (κ1) is 16.0. The van der Waals surface area contributed by atoms with Crippen LogP contribution in [0.5, 0.6) is 5.75 Å². The van der Waals surface area contributed by atoms with Gasteiger partial charge < -0.3 is 14.8 Å². The minimum atomic E-state index is -0.520. The second-order valence-corrected chi connectivity index (χ2v) is 6.74. The number of anilines is 1. The molecule has 124 valence electrons. The van der Waals surface area contributed by atoms with Crippen LogP contribution in [-0.4, -0.2) is 21.0 Å². The van der Waals surface area contributed by atoms with Gasteiger partial charge in [0.15, 0.2) is 11.2 Å². The summed E-state index contributed by atoms with van der Waals surface area (Å²) < 4.78 is 5.67. The van der Waals surface area contributed by atoms with Gasteiger partial charge in [-0.25, -0.2) is 4.98 Å². The summed E-state index contributed by atoms with van der Waals surface area (Å²) in [7, 11) is 0. The maximum Gasteiger partial charge on any atom is 0.232 e. The number of pyridine rings is 1. The molecule has 0 fully saturated rings. The number of hydrogen-bond acceptors (Lipinski definition) is 5. The number of carbonyl (C=O) groups excluding carboxylic acids is 1. The molecule has 0 aliphatic heterocycles. The summed E-state index contributed by atoms with van der Waals surface area (Å²) >= 11 is 0. The number of phenolic OH excluding ortho intramolecular Hbond substituents is 1. The third kappa shape index (κ3) is 2.95. The van der Waals surface area contributed by atoms with E-state index in [1.54, 1.807) is 37.4 Å².